The number of amides is 1. The number of rotatable bonds is 8. The van der Waals surface area contributed by atoms with Crippen LogP contribution in [0.4, 0.5) is 0 Å². The molecule has 0 spiro atoms. The highest BCUT2D eigenvalue weighted by atomic mass is 32.2. The Hall–Kier alpha value is -2.58. The predicted molar refractivity (Wildman–Crippen MR) is 102 cm³/mol. The molecule has 0 bridgehead atoms. The van der Waals surface area contributed by atoms with Crippen molar-refractivity contribution in [3.05, 3.63) is 53.6 Å². The molecule has 2 rings (SSSR count). The van der Waals surface area contributed by atoms with Crippen molar-refractivity contribution >= 4 is 15.9 Å². The number of nitrogens with one attached hydrogen (secondary N) is 2. The first-order valence-corrected chi connectivity index (χ1v) is 9.82. The van der Waals surface area contributed by atoms with Crippen LogP contribution in [0.1, 0.15) is 18.1 Å². The summed E-state index contributed by atoms with van der Waals surface area (Å²) in [6.45, 7) is 3.54. The molecular weight excluding hydrogens is 368 g/mol. The first-order chi connectivity index (χ1) is 12.8. The maximum Gasteiger partial charge on any atom is 0.241 e. The third-order valence-electron chi connectivity index (χ3n) is 4.03. The van der Waals surface area contributed by atoms with E-state index in [0.29, 0.717) is 11.3 Å². The highest BCUT2D eigenvalue weighted by Crippen LogP contribution is 2.21. The van der Waals surface area contributed by atoms with Crippen molar-refractivity contribution in [2.75, 3.05) is 14.2 Å². The summed E-state index contributed by atoms with van der Waals surface area (Å²) in [5.74, 6) is 0.903. The molecule has 0 heterocycles. The quantitative estimate of drug-likeness (QED) is 0.717. The minimum absolute atomic E-state index is 0.0793. The minimum atomic E-state index is -3.83. The molecule has 7 nitrogen and oxygen atoms in total. The molecule has 1 unspecified atom stereocenters. The number of methoxy groups -OCH3 is 2. The van der Waals surface area contributed by atoms with Gasteiger partial charge in [0, 0.05) is 6.54 Å². The third kappa shape index (κ3) is 5.45. The summed E-state index contributed by atoms with van der Waals surface area (Å²) >= 11 is 0. The molecule has 2 aromatic carbocycles. The van der Waals surface area contributed by atoms with E-state index in [1.54, 1.807) is 32.2 Å². The van der Waals surface area contributed by atoms with Gasteiger partial charge in [0.25, 0.3) is 0 Å². The summed E-state index contributed by atoms with van der Waals surface area (Å²) in [6.07, 6.45) is 0. The van der Waals surface area contributed by atoms with Gasteiger partial charge in [-0.15, -0.1) is 0 Å². The molecule has 2 N–H and O–H groups in total. The minimum Gasteiger partial charge on any atom is -0.497 e. The average Bonchev–Trinajstić information content (AvgIpc) is 2.66. The maximum absolute atomic E-state index is 12.5. The number of carbonyl (C=O) groups is 1. The second-order valence-corrected chi connectivity index (χ2v) is 7.75. The number of carbonyl (C=O) groups excluding carboxylic acids is 1. The van der Waals surface area contributed by atoms with Crippen LogP contribution in [-0.2, 0) is 21.4 Å². The normalized spacial score (nSPS) is 12.3. The molecular formula is C19H24N2O5S. The molecule has 1 atom stereocenters. The van der Waals surface area contributed by atoms with Gasteiger partial charge in [-0.1, -0.05) is 12.1 Å². The molecule has 0 aromatic heterocycles. The van der Waals surface area contributed by atoms with Crippen molar-refractivity contribution in [3.63, 3.8) is 0 Å². The van der Waals surface area contributed by atoms with Gasteiger partial charge in [-0.25, -0.2) is 8.42 Å². The first-order valence-electron chi connectivity index (χ1n) is 8.34. The van der Waals surface area contributed by atoms with Crippen molar-refractivity contribution in [2.24, 2.45) is 0 Å². The van der Waals surface area contributed by atoms with Gasteiger partial charge in [-0.05, 0) is 55.3 Å². The number of sulfonamides is 1. The van der Waals surface area contributed by atoms with E-state index in [2.05, 4.69) is 10.0 Å². The van der Waals surface area contributed by atoms with Crippen LogP contribution in [0.25, 0.3) is 0 Å². The zero-order valence-corrected chi connectivity index (χ0v) is 16.6. The monoisotopic (exact) mass is 392 g/mol. The lowest BCUT2D eigenvalue weighted by atomic mass is 10.2. The molecule has 0 aliphatic heterocycles. The lowest BCUT2D eigenvalue weighted by Crippen LogP contribution is -2.44. The van der Waals surface area contributed by atoms with E-state index < -0.39 is 22.0 Å². The molecule has 0 saturated heterocycles. The fourth-order valence-electron chi connectivity index (χ4n) is 2.46. The van der Waals surface area contributed by atoms with Gasteiger partial charge >= 0.3 is 0 Å². The van der Waals surface area contributed by atoms with Crippen molar-refractivity contribution < 1.29 is 22.7 Å². The largest absolute Gasteiger partial charge is 0.497 e. The summed E-state index contributed by atoms with van der Waals surface area (Å²) < 4.78 is 37.6. The molecule has 8 heteroatoms. The second-order valence-electron chi connectivity index (χ2n) is 6.04. The van der Waals surface area contributed by atoms with Gasteiger partial charge < -0.3 is 14.8 Å². The molecule has 146 valence electrons. The Labute approximate surface area is 159 Å². The number of hydrogen-bond donors (Lipinski definition) is 2. The number of aryl methyl sites for hydroxylation is 1. The van der Waals surface area contributed by atoms with E-state index in [0.717, 1.165) is 11.3 Å². The van der Waals surface area contributed by atoms with E-state index in [4.69, 9.17) is 9.47 Å². The van der Waals surface area contributed by atoms with Crippen LogP contribution >= 0.6 is 0 Å². The van der Waals surface area contributed by atoms with E-state index in [9.17, 15) is 13.2 Å². The van der Waals surface area contributed by atoms with Crippen molar-refractivity contribution in [1.82, 2.24) is 10.0 Å². The third-order valence-corrected chi connectivity index (χ3v) is 5.57. The lowest BCUT2D eigenvalue weighted by Gasteiger charge is -2.15. The van der Waals surface area contributed by atoms with Crippen molar-refractivity contribution in [1.29, 1.82) is 0 Å². The van der Waals surface area contributed by atoms with E-state index in [1.165, 1.54) is 26.2 Å². The smallest absolute Gasteiger partial charge is 0.241 e. The topological polar surface area (TPSA) is 93.7 Å². The van der Waals surface area contributed by atoms with Gasteiger partial charge in [-0.2, -0.15) is 4.72 Å². The zero-order chi connectivity index (χ0) is 20.0. The van der Waals surface area contributed by atoms with E-state index in [-0.39, 0.29) is 11.4 Å². The molecule has 0 radical (unpaired) electrons. The summed E-state index contributed by atoms with van der Waals surface area (Å²) in [6, 6.07) is 10.8. The fourth-order valence-corrected chi connectivity index (χ4v) is 3.75. The maximum atomic E-state index is 12.5. The van der Waals surface area contributed by atoms with E-state index in [1.807, 2.05) is 12.1 Å². The SMILES string of the molecule is COc1ccc(CNC(=O)C(C)NS(=O)(=O)c2ccc(OC)c(C)c2)cc1. The van der Waals surface area contributed by atoms with Crippen molar-refractivity contribution in [2.45, 2.75) is 31.3 Å². The number of benzene rings is 2. The fraction of sp³-hybridized carbons (Fsp3) is 0.316. The first kappa shape index (κ1) is 20.7. The highest BCUT2D eigenvalue weighted by Gasteiger charge is 2.22. The van der Waals surface area contributed by atoms with Crippen molar-refractivity contribution in [3.8, 4) is 11.5 Å². The van der Waals surface area contributed by atoms with E-state index >= 15 is 0 Å². The standard InChI is InChI=1S/C19H24N2O5S/c1-13-11-17(9-10-18(13)26-4)27(23,24)21-14(2)19(22)20-12-15-5-7-16(25-3)8-6-15/h5-11,14,21H,12H2,1-4H3,(H,20,22). The van der Waals surface area contributed by atoms with Gasteiger partial charge in [0.1, 0.15) is 11.5 Å². The Kier molecular flexibility index (Phi) is 6.81. The van der Waals surface area contributed by atoms with Gasteiger partial charge in [-0.3, -0.25) is 4.79 Å². The Morgan fingerprint density at radius 2 is 1.74 bits per heavy atom. The second kappa shape index (κ2) is 8.88. The lowest BCUT2D eigenvalue weighted by molar-refractivity contribution is -0.122. The van der Waals surface area contributed by atoms with Gasteiger partial charge in [0.2, 0.25) is 15.9 Å². The highest BCUT2D eigenvalue weighted by molar-refractivity contribution is 7.89. The molecule has 0 saturated carbocycles. The molecule has 0 aliphatic carbocycles. The summed E-state index contributed by atoms with van der Waals surface area (Å²) in [7, 11) is -0.731. The van der Waals surface area contributed by atoms with Crippen LogP contribution in [0, 0.1) is 6.92 Å². The van der Waals surface area contributed by atoms with Gasteiger partial charge in [0.15, 0.2) is 0 Å². The Morgan fingerprint density at radius 1 is 1.07 bits per heavy atom. The Balaban J connectivity index is 1.98. The van der Waals surface area contributed by atoms with Crippen LogP contribution in [0.3, 0.4) is 0 Å². The van der Waals surface area contributed by atoms with Crippen LogP contribution in [-0.4, -0.2) is 34.6 Å². The van der Waals surface area contributed by atoms with Crippen LogP contribution in [0.2, 0.25) is 0 Å². The summed E-state index contributed by atoms with van der Waals surface area (Å²) in [5.41, 5.74) is 1.57. The molecule has 0 aliphatic rings. The number of hydrogen-bond acceptors (Lipinski definition) is 5. The molecule has 1 amide bonds. The average molecular weight is 392 g/mol. The van der Waals surface area contributed by atoms with Gasteiger partial charge in [0.05, 0.1) is 25.2 Å². The molecule has 0 fully saturated rings. The number of ether oxygens (including phenoxy) is 2. The van der Waals surface area contributed by atoms with Crippen LogP contribution < -0.4 is 19.5 Å². The molecule has 27 heavy (non-hydrogen) atoms. The van der Waals surface area contributed by atoms with Crippen LogP contribution in [0.15, 0.2) is 47.4 Å². The summed E-state index contributed by atoms with van der Waals surface area (Å²) in [5, 5.41) is 2.71. The summed E-state index contributed by atoms with van der Waals surface area (Å²) in [4.78, 5) is 12.3. The zero-order valence-electron chi connectivity index (χ0n) is 15.8. The Morgan fingerprint density at radius 3 is 2.30 bits per heavy atom. The predicted octanol–water partition coefficient (Wildman–Crippen LogP) is 2.00. The molecule has 2 aromatic rings. The Bertz CT molecular complexity index is 895. The van der Waals surface area contributed by atoms with Crippen LogP contribution in [0.5, 0.6) is 11.5 Å².